The van der Waals surface area contributed by atoms with Crippen LogP contribution in [0.25, 0.3) is 10.9 Å². The number of rotatable bonds is 7. The number of furan rings is 1. The zero-order valence-electron chi connectivity index (χ0n) is 14.5. The molecule has 0 aliphatic rings. The molecule has 0 saturated carbocycles. The summed E-state index contributed by atoms with van der Waals surface area (Å²) < 4.78 is 13.1. The second kappa shape index (κ2) is 7.74. The summed E-state index contributed by atoms with van der Waals surface area (Å²) in [4.78, 5) is 16.5. The first-order valence-electron chi connectivity index (χ1n) is 8.60. The Morgan fingerprint density at radius 3 is 2.93 bits per heavy atom. The smallest absolute Gasteiger partial charge is 0.287 e. The predicted molar refractivity (Wildman–Crippen MR) is 99.6 cm³/mol. The van der Waals surface area contributed by atoms with Crippen LogP contribution >= 0.6 is 0 Å². The first kappa shape index (κ1) is 16.8. The van der Waals surface area contributed by atoms with Crippen LogP contribution in [0.2, 0.25) is 0 Å². The highest BCUT2D eigenvalue weighted by Crippen LogP contribution is 2.22. The van der Waals surface area contributed by atoms with Crippen molar-refractivity contribution in [1.82, 2.24) is 20.1 Å². The van der Waals surface area contributed by atoms with Gasteiger partial charge in [-0.2, -0.15) is 5.10 Å². The van der Waals surface area contributed by atoms with Crippen molar-refractivity contribution in [3.8, 4) is 5.75 Å². The minimum Gasteiger partial charge on any atom is -0.489 e. The number of nitrogens with one attached hydrogen (secondary N) is 1. The average molecular weight is 362 g/mol. The van der Waals surface area contributed by atoms with E-state index in [2.05, 4.69) is 15.4 Å². The van der Waals surface area contributed by atoms with Crippen molar-refractivity contribution < 1.29 is 13.9 Å². The molecule has 0 saturated heterocycles. The van der Waals surface area contributed by atoms with Crippen LogP contribution in [0.3, 0.4) is 0 Å². The number of nitrogens with zero attached hydrogens (tertiary/aromatic N) is 3. The number of amides is 1. The molecule has 1 amide bonds. The van der Waals surface area contributed by atoms with Gasteiger partial charge in [0.1, 0.15) is 23.6 Å². The fourth-order valence-electron chi connectivity index (χ4n) is 2.74. The van der Waals surface area contributed by atoms with E-state index >= 15 is 0 Å². The molecule has 1 aromatic carbocycles. The molecule has 7 nitrogen and oxygen atoms in total. The van der Waals surface area contributed by atoms with Crippen LogP contribution in [0.15, 0.2) is 71.5 Å². The number of carbonyl (C=O) groups excluding carboxylic acids is 1. The Morgan fingerprint density at radius 1 is 1.11 bits per heavy atom. The van der Waals surface area contributed by atoms with Crippen molar-refractivity contribution in [2.75, 3.05) is 13.2 Å². The molecule has 0 radical (unpaired) electrons. The molecule has 1 N–H and O–H groups in total. The molecule has 3 aromatic heterocycles. The maximum Gasteiger partial charge on any atom is 0.287 e. The van der Waals surface area contributed by atoms with Crippen molar-refractivity contribution in [3.63, 3.8) is 0 Å². The van der Waals surface area contributed by atoms with E-state index in [4.69, 9.17) is 9.15 Å². The zero-order chi connectivity index (χ0) is 18.5. The van der Waals surface area contributed by atoms with Gasteiger partial charge in [0.05, 0.1) is 13.1 Å². The van der Waals surface area contributed by atoms with Gasteiger partial charge in [0.2, 0.25) is 0 Å². The molecule has 0 bridgehead atoms. The van der Waals surface area contributed by atoms with Gasteiger partial charge in [-0.25, -0.2) is 0 Å². The third kappa shape index (κ3) is 3.98. The van der Waals surface area contributed by atoms with Gasteiger partial charge < -0.3 is 14.5 Å². The van der Waals surface area contributed by atoms with E-state index in [0.717, 1.165) is 10.9 Å². The van der Waals surface area contributed by atoms with Crippen LogP contribution < -0.4 is 10.1 Å². The fourth-order valence-corrected chi connectivity index (χ4v) is 2.74. The molecule has 4 rings (SSSR count). The Kier molecular flexibility index (Phi) is 4.82. The molecule has 0 unspecified atom stereocenters. The summed E-state index contributed by atoms with van der Waals surface area (Å²) >= 11 is 0. The Balaban J connectivity index is 1.29. The van der Waals surface area contributed by atoms with E-state index < -0.39 is 0 Å². The Morgan fingerprint density at radius 2 is 2.04 bits per heavy atom. The SMILES string of the molecule is O=C(NCCOc1cccc2cccnc12)c1ccc(Cn2cccn2)o1. The van der Waals surface area contributed by atoms with Crippen molar-refractivity contribution in [3.05, 3.63) is 78.6 Å². The lowest BCUT2D eigenvalue weighted by Gasteiger charge is -2.09. The molecule has 4 aromatic rings. The van der Waals surface area contributed by atoms with Crippen LogP contribution in [-0.2, 0) is 6.54 Å². The van der Waals surface area contributed by atoms with E-state index in [1.807, 2.05) is 42.6 Å². The maximum absolute atomic E-state index is 12.2. The van der Waals surface area contributed by atoms with Gasteiger partial charge in [0.25, 0.3) is 5.91 Å². The third-order valence-corrected chi connectivity index (χ3v) is 4.00. The van der Waals surface area contributed by atoms with E-state index in [1.165, 1.54) is 0 Å². The third-order valence-electron chi connectivity index (χ3n) is 4.00. The van der Waals surface area contributed by atoms with Gasteiger partial charge in [-0.1, -0.05) is 18.2 Å². The monoisotopic (exact) mass is 362 g/mol. The molecular formula is C20H18N4O3. The molecule has 0 aliphatic carbocycles. The summed E-state index contributed by atoms with van der Waals surface area (Å²) in [5.41, 5.74) is 0.806. The summed E-state index contributed by atoms with van der Waals surface area (Å²) in [6.07, 6.45) is 5.26. The predicted octanol–water partition coefficient (Wildman–Crippen LogP) is 2.88. The largest absolute Gasteiger partial charge is 0.489 e. The highest BCUT2D eigenvalue weighted by atomic mass is 16.5. The number of para-hydroxylation sites is 1. The lowest BCUT2D eigenvalue weighted by molar-refractivity contribution is 0.0917. The van der Waals surface area contributed by atoms with E-state index in [9.17, 15) is 4.79 Å². The highest BCUT2D eigenvalue weighted by Gasteiger charge is 2.11. The Bertz CT molecular complexity index is 1040. The minimum atomic E-state index is -0.277. The van der Waals surface area contributed by atoms with E-state index in [1.54, 1.807) is 29.2 Å². The lowest BCUT2D eigenvalue weighted by Crippen LogP contribution is -2.27. The van der Waals surface area contributed by atoms with Gasteiger partial charge in [0, 0.05) is 24.0 Å². The molecule has 3 heterocycles. The van der Waals surface area contributed by atoms with Crippen molar-refractivity contribution in [1.29, 1.82) is 0 Å². The molecule has 136 valence electrons. The summed E-state index contributed by atoms with van der Waals surface area (Å²) in [6.45, 7) is 1.18. The topological polar surface area (TPSA) is 82.2 Å². The number of carbonyl (C=O) groups is 1. The summed E-state index contributed by atoms with van der Waals surface area (Å²) in [5, 5.41) is 7.91. The number of benzene rings is 1. The standard InChI is InChI=1S/C20H18N4O3/c25-20(18-8-7-16(27-18)14-24-12-3-10-23-24)22-11-13-26-17-6-1-4-15-5-2-9-21-19(15)17/h1-10,12H,11,13-14H2,(H,22,25). The summed E-state index contributed by atoms with van der Waals surface area (Å²) in [7, 11) is 0. The first-order chi connectivity index (χ1) is 13.3. The van der Waals surface area contributed by atoms with Crippen molar-refractivity contribution in [2.45, 2.75) is 6.54 Å². The molecule has 7 heteroatoms. The molecule has 0 fully saturated rings. The number of ether oxygens (including phenoxy) is 1. The number of pyridine rings is 1. The van der Waals surface area contributed by atoms with E-state index in [-0.39, 0.29) is 11.7 Å². The second-order valence-electron chi connectivity index (χ2n) is 5.91. The van der Waals surface area contributed by atoms with Gasteiger partial charge in [-0.15, -0.1) is 0 Å². The van der Waals surface area contributed by atoms with Crippen molar-refractivity contribution in [2.24, 2.45) is 0 Å². The molecular weight excluding hydrogens is 344 g/mol. The van der Waals surface area contributed by atoms with Crippen LogP contribution in [-0.4, -0.2) is 33.8 Å². The number of hydrogen-bond donors (Lipinski definition) is 1. The molecule has 27 heavy (non-hydrogen) atoms. The highest BCUT2D eigenvalue weighted by molar-refractivity contribution is 5.91. The Labute approximate surface area is 155 Å². The maximum atomic E-state index is 12.2. The van der Waals surface area contributed by atoms with Gasteiger partial charge in [0.15, 0.2) is 5.76 Å². The fraction of sp³-hybridized carbons (Fsp3) is 0.150. The molecule has 0 atom stereocenters. The summed E-state index contributed by atoms with van der Waals surface area (Å²) in [5.74, 6) is 1.36. The van der Waals surface area contributed by atoms with Gasteiger partial charge in [-0.3, -0.25) is 14.5 Å². The number of fused-ring (bicyclic) bond motifs is 1. The lowest BCUT2D eigenvalue weighted by atomic mass is 10.2. The van der Waals surface area contributed by atoms with Crippen molar-refractivity contribution >= 4 is 16.8 Å². The number of aromatic nitrogens is 3. The van der Waals surface area contributed by atoms with Crippen LogP contribution in [0.5, 0.6) is 5.75 Å². The molecule has 0 spiro atoms. The van der Waals surface area contributed by atoms with E-state index in [0.29, 0.717) is 31.2 Å². The van der Waals surface area contributed by atoms with Gasteiger partial charge in [-0.05, 0) is 30.3 Å². The number of hydrogen-bond acceptors (Lipinski definition) is 5. The zero-order valence-corrected chi connectivity index (χ0v) is 14.5. The molecule has 0 aliphatic heterocycles. The second-order valence-corrected chi connectivity index (χ2v) is 5.91. The summed E-state index contributed by atoms with van der Waals surface area (Å²) in [6, 6.07) is 14.9. The minimum absolute atomic E-state index is 0.268. The normalized spacial score (nSPS) is 10.8. The average Bonchev–Trinajstić information content (AvgIpc) is 3.38. The van der Waals surface area contributed by atoms with Gasteiger partial charge >= 0.3 is 0 Å². The van der Waals surface area contributed by atoms with Crippen LogP contribution in [0.4, 0.5) is 0 Å². The Hall–Kier alpha value is -3.61. The first-order valence-corrected chi connectivity index (χ1v) is 8.60. The van der Waals surface area contributed by atoms with Crippen LogP contribution in [0, 0.1) is 0 Å². The quantitative estimate of drug-likeness (QED) is 0.511. The van der Waals surface area contributed by atoms with Crippen LogP contribution in [0.1, 0.15) is 16.3 Å².